The summed E-state index contributed by atoms with van der Waals surface area (Å²) in [4.78, 5) is 15.2. The largest absolute Gasteiger partial charge is 0.478 e. The molecule has 1 atom stereocenters. The molecule has 1 aliphatic heterocycles. The fourth-order valence-corrected chi connectivity index (χ4v) is 1.64. The number of likely N-dealkylation sites (N-methyl/N-ethyl adjacent to an activating group) is 1. The smallest absolute Gasteiger partial charge is 0.330 e. The van der Waals surface area contributed by atoms with Crippen molar-refractivity contribution in [3.63, 3.8) is 0 Å². The maximum atomic E-state index is 10.6. The monoisotopic (exact) mass is 212 g/mol. The quantitative estimate of drug-likeness (QED) is 0.698. The molecule has 1 unspecified atom stereocenters. The van der Waals surface area contributed by atoms with Gasteiger partial charge in [0.25, 0.3) is 0 Å². The lowest BCUT2D eigenvalue weighted by Crippen LogP contribution is -2.49. The van der Waals surface area contributed by atoms with Crippen molar-refractivity contribution in [1.82, 2.24) is 9.80 Å². The minimum atomic E-state index is -0.822. The molecular weight excluding hydrogens is 192 g/mol. The van der Waals surface area contributed by atoms with Gasteiger partial charge in [-0.2, -0.15) is 0 Å². The van der Waals surface area contributed by atoms with Gasteiger partial charge in [-0.25, -0.2) is 4.79 Å². The summed E-state index contributed by atoms with van der Waals surface area (Å²) in [6.07, 6.45) is 1.79. The van der Waals surface area contributed by atoms with E-state index in [1.54, 1.807) is 13.0 Å². The summed E-state index contributed by atoms with van der Waals surface area (Å²) in [6.45, 7) is 7.67. The highest BCUT2D eigenvalue weighted by molar-refractivity contribution is 5.85. The SMILES string of the molecule is C/C(=C/CN1CCN(C)C(C)C1)C(=O)O. The van der Waals surface area contributed by atoms with E-state index < -0.39 is 5.97 Å². The summed E-state index contributed by atoms with van der Waals surface area (Å²) in [7, 11) is 2.13. The van der Waals surface area contributed by atoms with Crippen molar-refractivity contribution in [3.05, 3.63) is 11.6 Å². The van der Waals surface area contributed by atoms with Crippen LogP contribution in [-0.2, 0) is 4.79 Å². The Labute approximate surface area is 91.2 Å². The number of carboxylic acid groups (broad SMARTS) is 1. The predicted octanol–water partition coefficient (Wildman–Crippen LogP) is 0.653. The van der Waals surface area contributed by atoms with E-state index in [1.807, 2.05) is 0 Å². The Hall–Kier alpha value is -0.870. The van der Waals surface area contributed by atoms with Crippen molar-refractivity contribution in [1.29, 1.82) is 0 Å². The second-order valence-electron chi connectivity index (χ2n) is 4.28. The van der Waals surface area contributed by atoms with Crippen LogP contribution in [0.4, 0.5) is 0 Å². The van der Waals surface area contributed by atoms with Crippen LogP contribution in [0.25, 0.3) is 0 Å². The third kappa shape index (κ3) is 3.64. The van der Waals surface area contributed by atoms with Crippen LogP contribution in [0.15, 0.2) is 11.6 Å². The van der Waals surface area contributed by atoms with Crippen LogP contribution in [0.3, 0.4) is 0 Å². The molecule has 4 heteroatoms. The van der Waals surface area contributed by atoms with Gasteiger partial charge in [-0.3, -0.25) is 4.90 Å². The minimum absolute atomic E-state index is 0.432. The van der Waals surface area contributed by atoms with E-state index in [1.165, 1.54) is 0 Å². The number of hydrogen-bond donors (Lipinski definition) is 1. The topological polar surface area (TPSA) is 43.8 Å². The van der Waals surface area contributed by atoms with Crippen molar-refractivity contribution in [3.8, 4) is 0 Å². The fraction of sp³-hybridized carbons (Fsp3) is 0.727. The van der Waals surface area contributed by atoms with Crippen molar-refractivity contribution in [2.45, 2.75) is 19.9 Å². The first kappa shape index (κ1) is 12.2. The Balaban J connectivity index is 2.41. The Morgan fingerprint density at radius 2 is 2.20 bits per heavy atom. The molecule has 1 N–H and O–H groups in total. The van der Waals surface area contributed by atoms with Gasteiger partial charge >= 0.3 is 5.97 Å². The molecule has 0 aromatic rings. The summed E-state index contributed by atoms with van der Waals surface area (Å²) in [5.41, 5.74) is 0.432. The molecule has 1 saturated heterocycles. The molecule has 4 nitrogen and oxygen atoms in total. The second kappa shape index (κ2) is 5.28. The zero-order valence-corrected chi connectivity index (χ0v) is 9.73. The highest BCUT2D eigenvalue weighted by Crippen LogP contribution is 2.07. The fourth-order valence-electron chi connectivity index (χ4n) is 1.64. The zero-order valence-electron chi connectivity index (χ0n) is 9.73. The molecule has 1 heterocycles. The average Bonchev–Trinajstić information content (AvgIpc) is 2.19. The van der Waals surface area contributed by atoms with E-state index in [0.29, 0.717) is 11.6 Å². The molecule has 0 bridgehead atoms. The molecule has 1 fully saturated rings. The van der Waals surface area contributed by atoms with Gasteiger partial charge in [0.1, 0.15) is 0 Å². The van der Waals surface area contributed by atoms with Gasteiger partial charge < -0.3 is 10.0 Å². The summed E-state index contributed by atoms with van der Waals surface area (Å²) < 4.78 is 0. The van der Waals surface area contributed by atoms with Gasteiger partial charge in [-0.15, -0.1) is 0 Å². The number of hydrogen-bond acceptors (Lipinski definition) is 3. The molecule has 0 aromatic heterocycles. The zero-order chi connectivity index (χ0) is 11.4. The first-order valence-corrected chi connectivity index (χ1v) is 5.33. The number of piperazine rings is 1. The first-order chi connectivity index (χ1) is 7.00. The van der Waals surface area contributed by atoms with Crippen LogP contribution in [-0.4, -0.2) is 60.1 Å². The van der Waals surface area contributed by atoms with Gasteiger partial charge in [0, 0.05) is 37.8 Å². The summed E-state index contributed by atoms with van der Waals surface area (Å²) in [5, 5.41) is 8.71. The molecule has 0 aromatic carbocycles. The molecule has 0 amide bonds. The van der Waals surface area contributed by atoms with E-state index in [0.717, 1.165) is 26.2 Å². The molecule has 1 rings (SSSR count). The lowest BCUT2D eigenvalue weighted by molar-refractivity contribution is -0.132. The number of rotatable bonds is 3. The molecule has 15 heavy (non-hydrogen) atoms. The van der Waals surface area contributed by atoms with E-state index >= 15 is 0 Å². The average molecular weight is 212 g/mol. The normalized spacial score (nSPS) is 25.5. The lowest BCUT2D eigenvalue weighted by atomic mass is 10.2. The predicted molar refractivity (Wildman–Crippen MR) is 59.9 cm³/mol. The van der Waals surface area contributed by atoms with Gasteiger partial charge in [0.15, 0.2) is 0 Å². The van der Waals surface area contributed by atoms with Crippen LogP contribution in [0.1, 0.15) is 13.8 Å². The molecule has 1 aliphatic rings. The molecule has 86 valence electrons. The van der Waals surface area contributed by atoms with Gasteiger partial charge in [-0.05, 0) is 20.9 Å². The Kier molecular flexibility index (Phi) is 4.29. The summed E-state index contributed by atoms with van der Waals surface area (Å²) in [6, 6.07) is 0.553. The van der Waals surface area contributed by atoms with E-state index in [-0.39, 0.29) is 0 Å². The third-order valence-electron chi connectivity index (χ3n) is 3.04. The van der Waals surface area contributed by atoms with Gasteiger partial charge in [0.2, 0.25) is 0 Å². The number of carbonyl (C=O) groups is 1. The minimum Gasteiger partial charge on any atom is -0.478 e. The van der Waals surface area contributed by atoms with Gasteiger partial charge in [0.05, 0.1) is 0 Å². The number of carboxylic acids is 1. The van der Waals surface area contributed by atoms with Crippen molar-refractivity contribution in [2.75, 3.05) is 33.2 Å². The van der Waals surface area contributed by atoms with Crippen molar-refractivity contribution >= 4 is 5.97 Å². The molecule has 0 aliphatic carbocycles. The number of aliphatic carboxylic acids is 1. The molecule has 0 spiro atoms. The summed E-state index contributed by atoms with van der Waals surface area (Å²) in [5.74, 6) is -0.822. The van der Waals surface area contributed by atoms with E-state index in [9.17, 15) is 4.79 Å². The highest BCUT2D eigenvalue weighted by atomic mass is 16.4. The van der Waals surface area contributed by atoms with Crippen molar-refractivity contribution in [2.24, 2.45) is 0 Å². The van der Waals surface area contributed by atoms with Crippen LogP contribution in [0, 0.1) is 0 Å². The maximum Gasteiger partial charge on any atom is 0.330 e. The van der Waals surface area contributed by atoms with E-state index in [2.05, 4.69) is 23.8 Å². The Morgan fingerprint density at radius 3 is 2.73 bits per heavy atom. The maximum absolute atomic E-state index is 10.6. The Morgan fingerprint density at radius 1 is 1.53 bits per heavy atom. The molecule has 0 saturated carbocycles. The van der Waals surface area contributed by atoms with E-state index in [4.69, 9.17) is 5.11 Å². The number of nitrogens with zero attached hydrogens (tertiary/aromatic N) is 2. The summed E-state index contributed by atoms with van der Waals surface area (Å²) >= 11 is 0. The Bertz CT molecular complexity index is 263. The lowest BCUT2D eigenvalue weighted by Gasteiger charge is -2.37. The van der Waals surface area contributed by atoms with Crippen LogP contribution in [0.5, 0.6) is 0 Å². The highest BCUT2D eigenvalue weighted by Gasteiger charge is 2.19. The van der Waals surface area contributed by atoms with Crippen LogP contribution in [0.2, 0.25) is 0 Å². The van der Waals surface area contributed by atoms with Crippen LogP contribution < -0.4 is 0 Å². The van der Waals surface area contributed by atoms with Crippen LogP contribution >= 0.6 is 0 Å². The van der Waals surface area contributed by atoms with Crippen molar-refractivity contribution < 1.29 is 9.90 Å². The third-order valence-corrected chi connectivity index (χ3v) is 3.04. The second-order valence-corrected chi connectivity index (χ2v) is 4.28. The molecular formula is C11H20N2O2. The molecule has 0 radical (unpaired) electrons. The van der Waals surface area contributed by atoms with Gasteiger partial charge in [-0.1, -0.05) is 6.08 Å². The first-order valence-electron chi connectivity index (χ1n) is 5.33. The standard InChI is InChI=1S/C11H20N2O2/c1-9(11(14)15)4-5-13-7-6-12(3)10(2)8-13/h4,10H,5-8H2,1-3H3,(H,14,15)/b9-4-.